The summed E-state index contributed by atoms with van der Waals surface area (Å²) in [6, 6.07) is 0. The number of hydrogen-bond donors (Lipinski definition) is 1. The zero-order valence-electron chi connectivity index (χ0n) is 11.6. The van der Waals surface area contributed by atoms with Crippen molar-refractivity contribution >= 4 is 11.5 Å². The summed E-state index contributed by atoms with van der Waals surface area (Å²) >= 11 is 0. The van der Waals surface area contributed by atoms with Gasteiger partial charge in [0.1, 0.15) is 0 Å². The molecular weight excluding hydrogens is 228 g/mol. The van der Waals surface area contributed by atoms with Crippen LogP contribution in [0.2, 0.25) is 0 Å². The van der Waals surface area contributed by atoms with Gasteiger partial charge in [-0.25, -0.2) is 4.68 Å². The number of ether oxygens (including phenoxy) is 1. The van der Waals surface area contributed by atoms with Crippen LogP contribution in [0.3, 0.4) is 0 Å². The highest BCUT2D eigenvalue weighted by Crippen LogP contribution is 2.31. The highest BCUT2D eigenvalue weighted by molar-refractivity contribution is 5.66. The van der Waals surface area contributed by atoms with Crippen LogP contribution in [0, 0.1) is 12.8 Å². The monoisotopic (exact) mass is 252 g/mol. The largest absolute Gasteiger partial charge is 0.394 e. The van der Waals surface area contributed by atoms with Gasteiger partial charge in [-0.1, -0.05) is 6.92 Å². The standard InChI is InChI=1S/C13H24N4O/c1-4-6-17-13(12(14)10(2)15-17)16-7-5-11(8-16)9-18-3/h11H,4-9,14H2,1-3H3. The summed E-state index contributed by atoms with van der Waals surface area (Å²) in [5.41, 5.74) is 7.95. The summed E-state index contributed by atoms with van der Waals surface area (Å²) in [4.78, 5) is 2.36. The number of aromatic nitrogens is 2. The van der Waals surface area contributed by atoms with Gasteiger partial charge in [0.05, 0.1) is 18.0 Å². The lowest BCUT2D eigenvalue weighted by Gasteiger charge is -2.20. The first-order chi connectivity index (χ1) is 8.67. The second-order valence-electron chi connectivity index (χ2n) is 5.10. The average molecular weight is 252 g/mol. The van der Waals surface area contributed by atoms with Crippen LogP contribution < -0.4 is 10.6 Å². The van der Waals surface area contributed by atoms with Crippen LogP contribution in [0.15, 0.2) is 0 Å². The summed E-state index contributed by atoms with van der Waals surface area (Å²) in [6.07, 6.45) is 2.24. The molecule has 0 aromatic carbocycles. The molecule has 1 atom stereocenters. The van der Waals surface area contributed by atoms with E-state index in [-0.39, 0.29) is 0 Å². The van der Waals surface area contributed by atoms with Crippen molar-refractivity contribution in [1.82, 2.24) is 9.78 Å². The Balaban J connectivity index is 2.17. The van der Waals surface area contributed by atoms with Gasteiger partial charge in [0.25, 0.3) is 0 Å². The van der Waals surface area contributed by atoms with Crippen molar-refractivity contribution in [3.05, 3.63) is 5.69 Å². The van der Waals surface area contributed by atoms with E-state index in [1.807, 2.05) is 6.92 Å². The molecule has 1 fully saturated rings. The van der Waals surface area contributed by atoms with E-state index >= 15 is 0 Å². The second-order valence-corrected chi connectivity index (χ2v) is 5.10. The molecule has 0 amide bonds. The van der Waals surface area contributed by atoms with Gasteiger partial charge in [0.15, 0.2) is 5.82 Å². The van der Waals surface area contributed by atoms with Crippen molar-refractivity contribution in [1.29, 1.82) is 0 Å². The summed E-state index contributed by atoms with van der Waals surface area (Å²) in [7, 11) is 1.77. The van der Waals surface area contributed by atoms with E-state index in [1.165, 1.54) is 6.42 Å². The molecular formula is C13H24N4O. The number of rotatable bonds is 5. The number of anilines is 2. The highest BCUT2D eigenvalue weighted by Gasteiger charge is 2.27. The van der Waals surface area contributed by atoms with Gasteiger partial charge in [0, 0.05) is 32.7 Å². The maximum atomic E-state index is 6.18. The number of aryl methyl sites for hydroxylation is 2. The molecule has 1 aliphatic rings. The Morgan fingerprint density at radius 2 is 2.28 bits per heavy atom. The Hall–Kier alpha value is -1.23. The zero-order valence-corrected chi connectivity index (χ0v) is 11.6. The molecule has 2 heterocycles. The van der Waals surface area contributed by atoms with Gasteiger partial charge in [-0.05, 0) is 19.8 Å². The number of methoxy groups -OCH3 is 1. The minimum Gasteiger partial charge on any atom is -0.394 e. The number of nitrogen functional groups attached to an aromatic ring is 1. The third-order valence-corrected chi connectivity index (χ3v) is 3.57. The maximum Gasteiger partial charge on any atom is 0.150 e. The number of nitrogens with zero attached hydrogens (tertiary/aromatic N) is 3. The van der Waals surface area contributed by atoms with Crippen molar-refractivity contribution in [2.75, 3.05) is 37.4 Å². The average Bonchev–Trinajstić information content (AvgIpc) is 2.87. The molecule has 1 aliphatic heterocycles. The summed E-state index contributed by atoms with van der Waals surface area (Å²) in [5.74, 6) is 1.72. The molecule has 0 aliphatic carbocycles. The lowest BCUT2D eigenvalue weighted by molar-refractivity contribution is 0.161. The quantitative estimate of drug-likeness (QED) is 0.866. The van der Waals surface area contributed by atoms with Crippen LogP contribution in [-0.4, -0.2) is 36.6 Å². The van der Waals surface area contributed by atoms with Crippen molar-refractivity contribution in [2.24, 2.45) is 5.92 Å². The van der Waals surface area contributed by atoms with Gasteiger partial charge < -0.3 is 15.4 Å². The molecule has 0 bridgehead atoms. The molecule has 2 rings (SSSR count). The molecule has 18 heavy (non-hydrogen) atoms. The molecule has 1 saturated heterocycles. The minimum atomic E-state index is 0.611. The van der Waals surface area contributed by atoms with E-state index < -0.39 is 0 Å². The summed E-state index contributed by atoms with van der Waals surface area (Å²) in [6.45, 7) is 7.97. The van der Waals surface area contributed by atoms with Crippen LogP contribution in [-0.2, 0) is 11.3 Å². The topological polar surface area (TPSA) is 56.3 Å². The summed E-state index contributed by atoms with van der Waals surface area (Å²) < 4.78 is 7.30. The van der Waals surface area contributed by atoms with Crippen LogP contribution in [0.5, 0.6) is 0 Å². The van der Waals surface area contributed by atoms with Crippen LogP contribution in [0.4, 0.5) is 11.5 Å². The lowest BCUT2D eigenvalue weighted by atomic mass is 10.1. The third-order valence-electron chi connectivity index (χ3n) is 3.57. The molecule has 1 aromatic rings. The maximum absolute atomic E-state index is 6.18. The van der Waals surface area contributed by atoms with Gasteiger partial charge in [-0.3, -0.25) is 0 Å². The fraction of sp³-hybridized carbons (Fsp3) is 0.769. The SMILES string of the molecule is CCCn1nc(C)c(N)c1N1CCC(COC)C1. The molecule has 1 unspecified atom stereocenters. The molecule has 0 spiro atoms. The van der Waals surface area contributed by atoms with Crippen LogP contribution in [0.1, 0.15) is 25.5 Å². The van der Waals surface area contributed by atoms with E-state index in [1.54, 1.807) is 7.11 Å². The van der Waals surface area contributed by atoms with E-state index in [0.717, 1.165) is 49.9 Å². The smallest absolute Gasteiger partial charge is 0.150 e. The van der Waals surface area contributed by atoms with Gasteiger partial charge in [0.2, 0.25) is 0 Å². The molecule has 5 nitrogen and oxygen atoms in total. The Labute approximate surface area is 109 Å². The molecule has 2 N–H and O–H groups in total. The molecule has 5 heteroatoms. The molecule has 0 radical (unpaired) electrons. The predicted octanol–water partition coefficient (Wildman–Crippen LogP) is 1.66. The Morgan fingerprint density at radius 3 is 2.94 bits per heavy atom. The predicted molar refractivity (Wildman–Crippen MR) is 73.9 cm³/mol. The lowest BCUT2D eigenvalue weighted by Crippen LogP contribution is -2.25. The van der Waals surface area contributed by atoms with Crippen LogP contribution >= 0.6 is 0 Å². The second kappa shape index (κ2) is 5.61. The van der Waals surface area contributed by atoms with Gasteiger partial charge in [-0.2, -0.15) is 5.10 Å². The normalized spacial score (nSPS) is 19.7. The fourth-order valence-electron chi connectivity index (χ4n) is 2.68. The Morgan fingerprint density at radius 1 is 1.50 bits per heavy atom. The first-order valence-electron chi connectivity index (χ1n) is 6.74. The summed E-state index contributed by atoms with van der Waals surface area (Å²) in [5, 5.41) is 4.53. The van der Waals surface area contributed by atoms with Crippen molar-refractivity contribution in [3.8, 4) is 0 Å². The fourth-order valence-corrected chi connectivity index (χ4v) is 2.68. The van der Waals surface area contributed by atoms with Crippen molar-refractivity contribution < 1.29 is 4.74 Å². The number of nitrogens with two attached hydrogens (primary N) is 1. The molecule has 102 valence electrons. The third kappa shape index (κ3) is 2.46. The first kappa shape index (κ1) is 13.2. The molecule has 1 aromatic heterocycles. The van der Waals surface area contributed by atoms with Crippen molar-refractivity contribution in [3.63, 3.8) is 0 Å². The Bertz CT molecular complexity index is 402. The van der Waals surface area contributed by atoms with E-state index in [0.29, 0.717) is 5.92 Å². The minimum absolute atomic E-state index is 0.611. The van der Waals surface area contributed by atoms with E-state index in [9.17, 15) is 0 Å². The van der Waals surface area contributed by atoms with E-state index in [2.05, 4.69) is 21.6 Å². The van der Waals surface area contributed by atoms with Crippen LogP contribution in [0.25, 0.3) is 0 Å². The van der Waals surface area contributed by atoms with Gasteiger partial charge >= 0.3 is 0 Å². The first-order valence-corrected chi connectivity index (χ1v) is 6.74. The van der Waals surface area contributed by atoms with E-state index in [4.69, 9.17) is 10.5 Å². The molecule has 0 saturated carbocycles. The highest BCUT2D eigenvalue weighted by atomic mass is 16.5. The Kier molecular flexibility index (Phi) is 4.11. The van der Waals surface area contributed by atoms with Crippen molar-refractivity contribution in [2.45, 2.75) is 33.2 Å². The number of hydrogen-bond acceptors (Lipinski definition) is 4. The van der Waals surface area contributed by atoms with Gasteiger partial charge in [-0.15, -0.1) is 0 Å². The zero-order chi connectivity index (χ0) is 13.1.